The molecule has 0 aliphatic heterocycles. The SMILES string of the molecule is CCOC(=O)C(O)c1c(F)cccc1Cl. The number of rotatable bonds is 3. The molecule has 82 valence electrons. The maximum atomic E-state index is 13.2. The first-order valence-electron chi connectivity index (χ1n) is 4.36. The van der Waals surface area contributed by atoms with Crippen LogP contribution in [0, 0.1) is 5.82 Å². The Morgan fingerprint density at radius 1 is 1.67 bits per heavy atom. The fourth-order valence-electron chi connectivity index (χ4n) is 1.11. The zero-order valence-corrected chi connectivity index (χ0v) is 8.79. The van der Waals surface area contributed by atoms with Crippen molar-refractivity contribution in [3.63, 3.8) is 0 Å². The van der Waals surface area contributed by atoms with E-state index in [0.29, 0.717) is 0 Å². The van der Waals surface area contributed by atoms with Crippen LogP contribution in [0.3, 0.4) is 0 Å². The molecule has 1 aromatic carbocycles. The van der Waals surface area contributed by atoms with Gasteiger partial charge in [-0.3, -0.25) is 0 Å². The van der Waals surface area contributed by atoms with Crippen LogP contribution in [0.5, 0.6) is 0 Å². The third-order valence-electron chi connectivity index (χ3n) is 1.78. The van der Waals surface area contributed by atoms with Crippen LogP contribution in [0.25, 0.3) is 0 Å². The first-order valence-corrected chi connectivity index (χ1v) is 4.74. The van der Waals surface area contributed by atoms with E-state index in [1.54, 1.807) is 6.92 Å². The largest absolute Gasteiger partial charge is 0.464 e. The highest BCUT2D eigenvalue weighted by Crippen LogP contribution is 2.26. The summed E-state index contributed by atoms with van der Waals surface area (Å²) in [6.45, 7) is 1.70. The van der Waals surface area contributed by atoms with Gasteiger partial charge in [-0.25, -0.2) is 9.18 Å². The Bertz CT molecular complexity index is 347. The average Bonchev–Trinajstić information content (AvgIpc) is 2.17. The minimum absolute atomic E-state index is 0.00412. The van der Waals surface area contributed by atoms with Gasteiger partial charge in [0.15, 0.2) is 6.10 Å². The minimum Gasteiger partial charge on any atom is -0.464 e. The molecule has 0 bridgehead atoms. The topological polar surface area (TPSA) is 46.5 Å². The van der Waals surface area contributed by atoms with E-state index in [-0.39, 0.29) is 17.2 Å². The van der Waals surface area contributed by atoms with E-state index < -0.39 is 17.9 Å². The predicted molar refractivity (Wildman–Crippen MR) is 53.0 cm³/mol. The first-order chi connectivity index (χ1) is 7.07. The molecule has 0 aliphatic carbocycles. The van der Waals surface area contributed by atoms with Gasteiger partial charge in [0.25, 0.3) is 0 Å². The lowest BCUT2D eigenvalue weighted by Crippen LogP contribution is -2.17. The van der Waals surface area contributed by atoms with Gasteiger partial charge in [-0.05, 0) is 19.1 Å². The van der Waals surface area contributed by atoms with Gasteiger partial charge in [0.05, 0.1) is 6.61 Å². The molecule has 1 N–H and O–H groups in total. The molecule has 0 saturated carbocycles. The van der Waals surface area contributed by atoms with Crippen molar-refractivity contribution in [3.8, 4) is 0 Å². The molecule has 15 heavy (non-hydrogen) atoms. The summed E-state index contributed by atoms with van der Waals surface area (Å²) in [5, 5.41) is 9.48. The van der Waals surface area contributed by atoms with Crippen molar-refractivity contribution in [2.24, 2.45) is 0 Å². The molecule has 0 aromatic heterocycles. The number of hydrogen-bond acceptors (Lipinski definition) is 3. The summed E-state index contributed by atoms with van der Waals surface area (Å²) >= 11 is 5.66. The zero-order chi connectivity index (χ0) is 11.4. The number of carbonyl (C=O) groups excluding carboxylic acids is 1. The summed E-state index contributed by atoms with van der Waals surface area (Å²) in [6, 6.07) is 3.89. The smallest absolute Gasteiger partial charge is 0.339 e. The number of ether oxygens (including phenoxy) is 1. The van der Waals surface area contributed by atoms with E-state index >= 15 is 0 Å². The van der Waals surface area contributed by atoms with Gasteiger partial charge in [0.2, 0.25) is 0 Å². The average molecular weight is 233 g/mol. The van der Waals surface area contributed by atoms with Crippen molar-refractivity contribution in [3.05, 3.63) is 34.6 Å². The minimum atomic E-state index is -1.68. The van der Waals surface area contributed by atoms with Gasteiger partial charge < -0.3 is 9.84 Å². The highest BCUT2D eigenvalue weighted by Gasteiger charge is 2.24. The molecular weight excluding hydrogens is 223 g/mol. The number of aliphatic hydroxyl groups excluding tert-OH is 1. The molecule has 0 radical (unpaired) electrons. The lowest BCUT2D eigenvalue weighted by molar-refractivity contribution is -0.153. The predicted octanol–water partition coefficient (Wildman–Crippen LogP) is 2.08. The Balaban J connectivity index is 3.00. The molecule has 0 fully saturated rings. The van der Waals surface area contributed by atoms with Crippen molar-refractivity contribution >= 4 is 17.6 Å². The Morgan fingerprint density at radius 3 is 2.87 bits per heavy atom. The number of esters is 1. The highest BCUT2D eigenvalue weighted by atomic mass is 35.5. The van der Waals surface area contributed by atoms with Crippen LogP contribution in [0.2, 0.25) is 5.02 Å². The van der Waals surface area contributed by atoms with E-state index in [9.17, 15) is 14.3 Å². The molecule has 0 amide bonds. The third-order valence-corrected chi connectivity index (χ3v) is 2.11. The fourth-order valence-corrected chi connectivity index (χ4v) is 1.38. The molecule has 0 heterocycles. The molecule has 3 nitrogen and oxygen atoms in total. The molecule has 0 aliphatic rings. The second-order valence-corrected chi connectivity index (χ2v) is 3.20. The molecule has 1 unspecified atom stereocenters. The molecule has 1 rings (SSSR count). The summed E-state index contributed by atoms with van der Waals surface area (Å²) in [7, 11) is 0. The van der Waals surface area contributed by atoms with Crippen LogP contribution in [0.15, 0.2) is 18.2 Å². The van der Waals surface area contributed by atoms with Crippen LogP contribution in [-0.4, -0.2) is 17.7 Å². The van der Waals surface area contributed by atoms with E-state index in [1.807, 2.05) is 0 Å². The van der Waals surface area contributed by atoms with Gasteiger partial charge in [0, 0.05) is 10.6 Å². The maximum absolute atomic E-state index is 13.2. The zero-order valence-electron chi connectivity index (χ0n) is 8.04. The van der Waals surface area contributed by atoms with Crippen molar-refractivity contribution < 1.29 is 19.0 Å². The van der Waals surface area contributed by atoms with Crippen molar-refractivity contribution in [1.29, 1.82) is 0 Å². The number of aliphatic hydroxyl groups is 1. The normalized spacial score (nSPS) is 12.3. The van der Waals surface area contributed by atoms with Crippen LogP contribution in [-0.2, 0) is 9.53 Å². The summed E-state index contributed by atoms with van der Waals surface area (Å²) in [5.74, 6) is -1.65. The Kier molecular flexibility index (Phi) is 4.05. The Hall–Kier alpha value is -1.13. The first kappa shape index (κ1) is 11.9. The maximum Gasteiger partial charge on any atom is 0.339 e. The van der Waals surface area contributed by atoms with E-state index in [0.717, 1.165) is 6.07 Å². The third kappa shape index (κ3) is 2.67. The van der Waals surface area contributed by atoms with Crippen LogP contribution < -0.4 is 0 Å². The summed E-state index contributed by atoms with van der Waals surface area (Å²) in [6.07, 6.45) is -1.68. The summed E-state index contributed by atoms with van der Waals surface area (Å²) < 4.78 is 17.8. The second kappa shape index (κ2) is 5.09. The van der Waals surface area contributed by atoms with Gasteiger partial charge >= 0.3 is 5.97 Å². The van der Waals surface area contributed by atoms with E-state index in [1.165, 1.54) is 12.1 Å². The van der Waals surface area contributed by atoms with Crippen LogP contribution in [0.1, 0.15) is 18.6 Å². The van der Waals surface area contributed by atoms with Crippen molar-refractivity contribution in [2.45, 2.75) is 13.0 Å². The Labute approximate surface area is 91.4 Å². The number of hydrogen-bond donors (Lipinski definition) is 1. The molecule has 0 spiro atoms. The molecular formula is C10H10ClFO3. The van der Waals surface area contributed by atoms with Gasteiger partial charge in [-0.1, -0.05) is 17.7 Å². The molecule has 1 aromatic rings. The number of halogens is 2. The number of carbonyl (C=O) groups is 1. The monoisotopic (exact) mass is 232 g/mol. The van der Waals surface area contributed by atoms with E-state index in [4.69, 9.17) is 11.6 Å². The lowest BCUT2D eigenvalue weighted by atomic mass is 10.1. The van der Waals surface area contributed by atoms with Gasteiger partial charge in [-0.15, -0.1) is 0 Å². The molecule has 0 saturated heterocycles. The molecule has 5 heteroatoms. The Morgan fingerprint density at radius 2 is 2.33 bits per heavy atom. The second-order valence-electron chi connectivity index (χ2n) is 2.79. The lowest BCUT2D eigenvalue weighted by Gasteiger charge is -2.11. The molecule has 1 atom stereocenters. The number of benzene rings is 1. The quantitative estimate of drug-likeness (QED) is 0.812. The van der Waals surface area contributed by atoms with Crippen molar-refractivity contribution in [2.75, 3.05) is 6.61 Å². The van der Waals surface area contributed by atoms with E-state index in [2.05, 4.69) is 4.74 Å². The summed E-state index contributed by atoms with van der Waals surface area (Å²) in [4.78, 5) is 11.2. The van der Waals surface area contributed by atoms with Gasteiger partial charge in [-0.2, -0.15) is 0 Å². The van der Waals surface area contributed by atoms with Gasteiger partial charge in [0.1, 0.15) is 5.82 Å². The van der Waals surface area contributed by atoms with Crippen LogP contribution in [0.4, 0.5) is 4.39 Å². The van der Waals surface area contributed by atoms with Crippen LogP contribution >= 0.6 is 11.6 Å². The summed E-state index contributed by atoms with van der Waals surface area (Å²) in [5.41, 5.74) is -0.252. The standard InChI is InChI=1S/C10H10ClFO3/c1-2-15-10(14)9(13)8-6(11)4-3-5-7(8)12/h3-5,9,13H,2H2,1H3. The van der Waals surface area contributed by atoms with Crippen molar-refractivity contribution in [1.82, 2.24) is 0 Å². The fraction of sp³-hybridized carbons (Fsp3) is 0.300. The highest BCUT2D eigenvalue weighted by molar-refractivity contribution is 6.31.